The lowest BCUT2D eigenvalue weighted by atomic mass is 9.98. The van der Waals surface area contributed by atoms with Crippen LogP contribution in [0.5, 0.6) is 0 Å². The minimum Gasteiger partial charge on any atom is -0.480 e. The van der Waals surface area contributed by atoms with Gasteiger partial charge in [-0.3, -0.25) is 4.79 Å². The van der Waals surface area contributed by atoms with E-state index < -0.39 is 29.5 Å². The normalized spacial score (nSPS) is 22.4. The summed E-state index contributed by atoms with van der Waals surface area (Å²) in [4.78, 5) is 36.0. The molecule has 2 unspecified atom stereocenters. The Morgan fingerprint density at radius 1 is 1.42 bits per heavy atom. The summed E-state index contributed by atoms with van der Waals surface area (Å²) < 4.78 is 0. The molecule has 0 saturated carbocycles. The van der Waals surface area contributed by atoms with E-state index in [1.54, 1.807) is 6.92 Å². The van der Waals surface area contributed by atoms with Gasteiger partial charge in [0.25, 0.3) is 0 Å². The molecule has 0 aromatic rings. The van der Waals surface area contributed by atoms with Crippen molar-refractivity contribution in [2.24, 2.45) is 5.73 Å². The van der Waals surface area contributed by atoms with Crippen LogP contribution in [0.15, 0.2) is 0 Å². The molecule has 1 heterocycles. The van der Waals surface area contributed by atoms with Gasteiger partial charge in [-0.15, -0.1) is 0 Å². The SMILES string of the molecule is CCC(C)(NC(=O)N1CCCCC1C(N)=O)C(=O)O. The molecule has 1 fully saturated rings. The van der Waals surface area contributed by atoms with Crippen LogP contribution in [0.1, 0.15) is 39.5 Å². The van der Waals surface area contributed by atoms with Crippen molar-refractivity contribution in [2.45, 2.75) is 51.1 Å². The summed E-state index contributed by atoms with van der Waals surface area (Å²) in [5.41, 5.74) is 3.94. The number of rotatable bonds is 4. The summed E-state index contributed by atoms with van der Waals surface area (Å²) in [5, 5.41) is 11.6. The standard InChI is InChI=1S/C12H21N3O4/c1-3-12(2,10(17)18)14-11(19)15-7-5-4-6-8(15)9(13)16/h8H,3-7H2,1-2H3,(H2,13,16)(H,14,19)(H,17,18). The zero-order valence-electron chi connectivity index (χ0n) is 11.3. The molecular formula is C12H21N3O4. The van der Waals surface area contributed by atoms with Crippen LogP contribution >= 0.6 is 0 Å². The third-order valence-corrected chi connectivity index (χ3v) is 3.65. The van der Waals surface area contributed by atoms with Crippen LogP contribution in [0, 0.1) is 0 Å². The molecule has 1 saturated heterocycles. The van der Waals surface area contributed by atoms with Gasteiger partial charge < -0.3 is 21.1 Å². The summed E-state index contributed by atoms with van der Waals surface area (Å²) in [6.45, 7) is 3.53. The fraction of sp³-hybridized carbons (Fsp3) is 0.750. The molecule has 108 valence electrons. The molecule has 0 radical (unpaired) electrons. The predicted molar refractivity (Wildman–Crippen MR) is 68.4 cm³/mol. The van der Waals surface area contributed by atoms with Crippen molar-refractivity contribution in [3.8, 4) is 0 Å². The molecule has 1 aliphatic heterocycles. The number of amides is 3. The Balaban J connectivity index is 2.80. The van der Waals surface area contributed by atoms with Gasteiger partial charge in [-0.2, -0.15) is 0 Å². The number of nitrogens with two attached hydrogens (primary N) is 1. The van der Waals surface area contributed by atoms with Gasteiger partial charge >= 0.3 is 12.0 Å². The predicted octanol–water partition coefficient (Wildman–Crippen LogP) is 0.289. The van der Waals surface area contributed by atoms with Gasteiger partial charge in [0.15, 0.2) is 0 Å². The number of likely N-dealkylation sites (tertiary alicyclic amines) is 1. The molecule has 19 heavy (non-hydrogen) atoms. The van der Waals surface area contributed by atoms with Crippen LogP contribution in [0.3, 0.4) is 0 Å². The van der Waals surface area contributed by atoms with Crippen molar-refractivity contribution in [1.82, 2.24) is 10.2 Å². The second-order valence-electron chi connectivity index (χ2n) is 5.03. The number of aliphatic carboxylic acids is 1. The fourth-order valence-electron chi connectivity index (χ4n) is 2.07. The van der Waals surface area contributed by atoms with E-state index in [4.69, 9.17) is 10.8 Å². The summed E-state index contributed by atoms with van der Waals surface area (Å²) in [6.07, 6.45) is 2.40. The highest BCUT2D eigenvalue weighted by Crippen LogP contribution is 2.18. The number of carbonyl (C=O) groups excluding carboxylic acids is 2. The molecule has 3 amide bonds. The van der Waals surface area contributed by atoms with Crippen LogP contribution in [-0.4, -0.2) is 46.0 Å². The first kappa shape index (κ1) is 15.3. The number of primary amides is 1. The first-order valence-corrected chi connectivity index (χ1v) is 6.43. The van der Waals surface area contributed by atoms with Crippen molar-refractivity contribution in [1.29, 1.82) is 0 Å². The number of nitrogens with one attached hydrogen (secondary N) is 1. The molecule has 0 aromatic heterocycles. The van der Waals surface area contributed by atoms with Gasteiger partial charge in [-0.1, -0.05) is 6.92 Å². The zero-order chi connectivity index (χ0) is 14.6. The number of nitrogens with zero attached hydrogens (tertiary/aromatic N) is 1. The van der Waals surface area contributed by atoms with E-state index in [9.17, 15) is 14.4 Å². The van der Waals surface area contributed by atoms with Gasteiger partial charge in [0, 0.05) is 6.54 Å². The van der Waals surface area contributed by atoms with Crippen molar-refractivity contribution in [3.63, 3.8) is 0 Å². The monoisotopic (exact) mass is 271 g/mol. The number of carboxylic acids is 1. The summed E-state index contributed by atoms with van der Waals surface area (Å²) >= 11 is 0. The quantitative estimate of drug-likeness (QED) is 0.682. The average molecular weight is 271 g/mol. The van der Waals surface area contributed by atoms with E-state index in [1.807, 2.05) is 0 Å². The highest BCUT2D eigenvalue weighted by atomic mass is 16.4. The maximum absolute atomic E-state index is 12.1. The fourth-order valence-corrected chi connectivity index (χ4v) is 2.07. The lowest BCUT2D eigenvalue weighted by Gasteiger charge is -2.36. The van der Waals surface area contributed by atoms with Gasteiger partial charge in [-0.25, -0.2) is 9.59 Å². The van der Waals surface area contributed by atoms with Crippen molar-refractivity contribution >= 4 is 17.9 Å². The first-order chi connectivity index (χ1) is 8.81. The Morgan fingerprint density at radius 3 is 2.53 bits per heavy atom. The van der Waals surface area contributed by atoms with Gasteiger partial charge in [0.2, 0.25) is 5.91 Å². The number of piperidine rings is 1. The Hall–Kier alpha value is -1.79. The highest BCUT2D eigenvalue weighted by molar-refractivity contribution is 5.89. The smallest absolute Gasteiger partial charge is 0.329 e. The largest absolute Gasteiger partial charge is 0.480 e. The Labute approximate surface area is 112 Å². The van der Waals surface area contributed by atoms with Crippen molar-refractivity contribution in [3.05, 3.63) is 0 Å². The average Bonchev–Trinajstić information content (AvgIpc) is 2.38. The zero-order valence-corrected chi connectivity index (χ0v) is 11.3. The van der Waals surface area contributed by atoms with E-state index >= 15 is 0 Å². The maximum atomic E-state index is 12.1. The van der Waals surface area contributed by atoms with E-state index in [-0.39, 0.29) is 6.42 Å². The van der Waals surface area contributed by atoms with Crippen LogP contribution in [0.2, 0.25) is 0 Å². The first-order valence-electron chi connectivity index (χ1n) is 6.43. The van der Waals surface area contributed by atoms with Gasteiger partial charge in [-0.05, 0) is 32.6 Å². The highest BCUT2D eigenvalue weighted by Gasteiger charge is 2.37. The second-order valence-corrected chi connectivity index (χ2v) is 5.03. The Morgan fingerprint density at radius 2 is 2.05 bits per heavy atom. The molecule has 0 aliphatic carbocycles. The minimum absolute atomic E-state index is 0.253. The summed E-state index contributed by atoms with van der Waals surface area (Å²) in [5.74, 6) is -1.65. The maximum Gasteiger partial charge on any atom is 0.329 e. The van der Waals surface area contributed by atoms with Crippen molar-refractivity contribution < 1.29 is 19.5 Å². The molecule has 0 spiro atoms. The molecule has 4 N–H and O–H groups in total. The Bertz CT molecular complexity index is 385. The van der Waals surface area contributed by atoms with Gasteiger partial charge in [0.05, 0.1) is 0 Å². The molecule has 0 bridgehead atoms. The van der Waals surface area contributed by atoms with Crippen LogP contribution < -0.4 is 11.1 Å². The number of hydrogen-bond donors (Lipinski definition) is 3. The molecule has 2 atom stereocenters. The lowest BCUT2D eigenvalue weighted by molar-refractivity contribution is -0.143. The lowest BCUT2D eigenvalue weighted by Crippen LogP contribution is -2.60. The van der Waals surface area contributed by atoms with Crippen LogP contribution in [0.4, 0.5) is 4.79 Å². The molecule has 1 aliphatic rings. The van der Waals surface area contributed by atoms with E-state index in [1.165, 1.54) is 11.8 Å². The molecule has 7 heteroatoms. The van der Waals surface area contributed by atoms with E-state index in [0.717, 1.165) is 12.8 Å². The molecule has 7 nitrogen and oxygen atoms in total. The Kier molecular flexibility index (Phi) is 4.74. The third kappa shape index (κ3) is 3.36. The van der Waals surface area contributed by atoms with Crippen LogP contribution in [0.25, 0.3) is 0 Å². The molecule has 1 rings (SSSR count). The molecule has 0 aromatic carbocycles. The van der Waals surface area contributed by atoms with Gasteiger partial charge in [0.1, 0.15) is 11.6 Å². The second kappa shape index (κ2) is 5.90. The number of carboxylic acid groups (broad SMARTS) is 1. The third-order valence-electron chi connectivity index (χ3n) is 3.65. The van der Waals surface area contributed by atoms with Crippen LogP contribution in [-0.2, 0) is 9.59 Å². The topological polar surface area (TPSA) is 113 Å². The number of carbonyl (C=O) groups is 3. The van der Waals surface area contributed by atoms with E-state index in [0.29, 0.717) is 13.0 Å². The minimum atomic E-state index is -1.34. The number of hydrogen-bond acceptors (Lipinski definition) is 3. The molecular weight excluding hydrogens is 250 g/mol. The summed E-state index contributed by atoms with van der Waals surface area (Å²) in [7, 11) is 0. The number of urea groups is 1. The summed E-state index contributed by atoms with van der Waals surface area (Å²) in [6, 6.07) is -1.20. The van der Waals surface area contributed by atoms with Crippen molar-refractivity contribution in [2.75, 3.05) is 6.54 Å². The van der Waals surface area contributed by atoms with E-state index in [2.05, 4.69) is 5.32 Å².